The molecule has 0 radical (unpaired) electrons. The summed E-state index contributed by atoms with van der Waals surface area (Å²) in [5.41, 5.74) is 2.25. The fraction of sp³-hybridized carbons (Fsp3) is 0.333. The van der Waals surface area contributed by atoms with Gasteiger partial charge in [0, 0.05) is 29.5 Å². The van der Waals surface area contributed by atoms with E-state index in [1.54, 1.807) is 35.2 Å². The fourth-order valence-electron chi connectivity index (χ4n) is 3.01. The molecule has 0 N–H and O–H groups in total. The van der Waals surface area contributed by atoms with Gasteiger partial charge in [-0.25, -0.2) is 4.39 Å². The van der Waals surface area contributed by atoms with E-state index in [4.69, 9.17) is 16.4 Å². The number of hydrogen-bond acceptors (Lipinski definition) is 3. The summed E-state index contributed by atoms with van der Waals surface area (Å²) in [5, 5.41) is 4.82. The molecule has 0 fully saturated rings. The van der Waals surface area contributed by atoms with E-state index in [0.717, 1.165) is 11.3 Å². The van der Waals surface area contributed by atoms with Gasteiger partial charge in [-0.1, -0.05) is 60.9 Å². The number of benzene rings is 2. The molecule has 0 aliphatic carbocycles. The van der Waals surface area contributed by atoms with Crippen molar-refractivity contribution in [1.29, 1.82) is 0 Å². The van der Waals surface area contributed by atoms with E-state index in [1.807, 2.05) is 26.0 Å². The van der Waals surface area contributed by atoms with Gasteiger partial charge in [0.1, 0.15) is 5.82 Å². The van der Waals surface area contributed by atoms with Crippen LogP contribution in [-0.2, 0) is 16.2 Å². The third kappa shape index (κ3) is 4.86. The molecular weight excluding hydrogens is 367 g/mol. The number of carbonyl (C=O) groups excluding carboxylic acids is 1. The first kappa shape index (κ1) is 19.4. The molecule has 142 valence electrons. The molecular formula is C21H22ClFN2O2. The van der Waals surface area contributed by atoms with Crippen molar-refractivity contribution in [2.45, 2.75) is 32.9 Å². The van der Waals surface area contributed by atoms with Crippen LogP contribution in [0.3, 0.4) is 0 Å². The first-order valence-electron chi connectivity index (χ1n) is 8.95. The van der Waals surface area contributed by atoms with Gasteiger partial charge in [-0.05, 0) is 23.8 Å². The topological polar surface area (TPSA) is 41.9 Å². The van der Waals surface area contributed by atoms with Gasteiger partial charge in [0.2, 0.25) is 5.91 Å². The van der Waals surface area contributed by atoms with Crippen LogP contribution in [0.25, 0.3) is 0 Å². The van der Waals surface area contributed by atoms with Crippen LogP contribution in [0.2, 0.25) is 5.02 Å². The summed E-state index contributed by atoms with van der Waals surface area (Å²) in [6.45, 7) is 4.23. The lowest BCUT2D eigenvalue weighted by Crippen LogP contribution is -2.39. The number of hydrogen-bond donors (Lipinski definition) is 0. The van der Waals surface area contributed by atoms with Gasteiger partial charge in [-0.2, -0.15) is 0 Å². The lowest BCUT2D eigenvalue weighted by Gasteiger charge is -2.26. The summed E-state index contributed by atoms with van der Waals surface area (Å²) in [7, 11) is 0. The summed E-state index contributed by atoms with van der Waals surface area (Å²) in [5.74, 6) is -0.541. The second-order valence-corrected chi connectivity index (χ2v) is 7.38. The molecule has 0 unspecified atom stereocenters. The van der Waals surface area contributed by atoms with E-state index in [-0.39, 0.29) is 30.3 Å². The quantitative estimate of drug-likeness (QED) is 0.722. The molecule has 1 amide bonds. The Labute approximate surface area is 163 Å². The first-order chi connectivity index (χ1) is 12.9. The van der Waals surface area contributed by atoms with Crippen molar-refractivity contribution in [3.05, 3.63) is 70.5 Å². The second kappa shape index (κ2) is 8.53. The van der Waals surface area contributed by atoms with Crippen LogP contribution in [0.1, 0.15) is 31.4 Å². The molecule has 0 saturated carbocycles. The Hall–Kier alpha value is -2.40. The number of oxime groups is 1. The monoisotopic (exact) mass is 388 g/mol. The number of halogens is 2. The predicted molar refractivity (Wildman–Crippen MR) is 104 cm³/mol. The molecule has 1 heterocycles. The minimum atomic E-state index is -0.315. The molecule has 3 rings (SSSR count). The molecule has 1 atom stereocenters. The fourth-order valence-corrected chi connectivity index (χ4v) is 3.14. The van der Waals surface area contributed by atoms with E-state index in [2.05, 4.69) is 5.16 Å². The van der Waals surface area contributed by atoms with Crippen LogP contribution >= 0.6 is 11.6 Å². The lowest BCUT2D eigenvalue weighted by molar-refractivity contribution is -0.137. The molecule has 2 aromatic carbocycles. The van der Waals surface area contributed by atoms with Gasteiger partial charge in [0.05, 0.1) is 12.3 Å². The van der Waals surface area contributed by atoms with Crippen molar-refractivity contribution in [1.82, 2.24) is 4.90 Å². The Bertz CT molecular complexity index is 836. The van der Waals surface area contributed by atoms with E-state index in [1.165, 1.54) is 6.07 Å². The molecule has 1 aliphatic rings. The Balaban J connectivity index is 1.69. The van der Waals surface area contributed by atoms with E-state index < -0.39 is 0 Å². The van der Waals surface area contributed by atoms with Gasteiger partial charge in [0.25, 0.3) is 0 Å². The van der Waals surface area contributed by atoms with E-state index >= 15 is 0 Å². The van der Waals surface area contributed by atoms with Crippen molar-refractivity contribution in [3.8, 4) is 0 Å². The largest absolute Gasteiger partial charge is 0.390 e. The van der Waals surface area contributed by atoms with Crippen molar-refractivity contribution in [2.24, 2.45) is 11.1 Å². The number of rotatable bonds is 6. The summed E-state index contributed by atoms with van der Waals surface area (Å²) in [4.78, 5) is 19.8. The highest BCUT2D eigenvalue weighted by Gasteiger charge is 2.28. The van der Waals surface area contributed by atoms with Crippen LogP contribution in [0, 0.1) is 11.7 Å². The first-order valence-corrected chi connectivity index (χ1v) is 9.32. The number of carbonyl (C=O) groups is 1. The number of nitrogens with zero attached hydrogens (tertiary/aromatic N) is 2. The molecule has 27 heavy (non-hydrogen) atoms. The zero-order chi connectivity index (χ0) is 19.4. The average molecular weight is 389 g/mol. The smallest absolute Gasteiger partial charge is 0.225 e. The highest BCUT2D eigenvalue weighted by molar-refractivity contribution is 6.30. The minimum Gasteiger partial charge on any atom is -0.390 e. The molecule has 2 aromatic rings. The van der Waals surface area contributed by atoms with Crippen LogP contribution in [0.4, 0.5) is 4.39 Å². The van der Waals surface area contributed by atoms with Crippen LogP contribution in [0.5, 0.6) is 0 Å². The highest BCUT2D eigenvalue weighted by atomic mass is 35.5. The average Bonchev–Trinajstić information content (AvgIpc) is 3.11. The van der Waals surface area contributed by atoms with Crippen molar-refractivity contribution < 1.29 is 14.0 Å². The maximum atomic E-state index is 14.0. The molecule has 0 spiro atoms. The van der Waals surface area contributed by atoms with Gasteiger partial charge in [0.15, 0.2) is 6.10 Å². The summed E-state index contributed by atoms with van der Waals surface area (Å²) in [6, 6.07) is 13.9. The van der Waals surface area contributed by atoms with Gasteiger partial charge < -0.3 is 9.74 Å². The zero-order valence-electron chi connectivity index (χ0n) is 15.4. The molecule has 6 heteroatoms. The van der Waals surface area contributed by atoms with Crippen molar-refractivity contribution in [2.75, 3.05) is 6.54 Å². The summed E-state index contributed by atoms with van der Waals surface area (Å²) >= 11 is 5.92. The number of amides is 1. The standard InChI is InChI=1S/C21H22ClFN2O2/c1-14(2)21(26)25(12-16-5-3-4-6-19(16)23)13-18-11-20(24-27-18)15-7-9-17(22)10-8-15/h3-10,14,18H,11-13H2,1-2H3/t18-/m0/s1. The zero-order valence-corrected chi connectivity index (χ0v) is 16.1. The summed E-state index contributed by atoms with van der Waals surface area (Å²) < 4.78 is 14.0. The molecule has 0 bridgehead atoms. The maximum absolute atomic E-state index is 14.0. The van der Waals surface area contributed by atoms with Gasteiger partial charge in [-0.3, -0.25) is 4.79 Å². The van der Waals surface area contributed by atoms with Gasteiger partial charge in [-0.15, -0.1) is 0 Å². The predicted octanol–water partition coefficient (Wildman–Crippen LogP) is 4.66. The lowest BCUT2D eigenvalue weighted by atomic mass is 10.0. The van der Waals surface area contributed by atoms with Gasteiger partial charge >= 0.3 is 0 Å². The Morgan fingerprint density at radius 3 is 2.63 bits per heavy atom. The molecule has 0 saturated heterocycles. The molecule has 1 aliphatic heterocycles. The van der Waals surface area contributed by atoms with Crippen molar-refractivity contribution >= 4 is 23.2 Å². The highest BCUT2D eigenvalue weighted by Crippen LogP contribution is 2.21. The SMILES string of the molecule is CC(C)C(=O)N(Cc1ccccc1F)C[C@@H]1CC(c2ccc(Cl)cc2)=NO1. The van der Waals surface area contributed by atoms with E-state index in [0.29, 0.717) is 23.6 Å². The van der Waals surface area contributed by atoms with Crippen LogP contribution < -0.4 is 0 Å². The maximum Gasteiger partial charge on any atom is 0.225 e. The second-order valence-electron chi connectivity index (χ2n) is 6.94. The minimum absolute atomic E-state index is 0.0400. The molecule has 4 nitrogen and oxygen atoms in total. The third-order valence-electron chi connectivity index (χ3n) is 4.46. The Morgan fingerprint density at radius 2 is 1.96 bits per heavy atom. The van der Waals surface area contributed by atoms with Crippen molar-refractivity contribution in [3.63, 3.8) is 0 Å². The Morgan fingerprint density at radius 1 is 1.26 bits per heavy atom. The summed E-state index contributed by atoms with van der Waals surface area (Å²) in [6.07, 6.45) is 0.325. The van der Waals surface area contributed by atoms with E-state index in [9.17, 15) is 9.18 Å². The van der Waals surface area contributed by atoms with Crippen LogP contribution in [-0.4, -0.2) is 29.2 Å². The van der Waals surface area contributed by atoms with Crippen LogP contribution in [0.15, 0.2) is 53.7 Å². The normalized spacial score (nSPS) is 16.2. The Kier molecular flexibility index (Phi) is 6.11. The third-order valence-corrected chi connectivity index (χ3v) is 4.71. The molecule has 0 aromatic heterocycles.